The first kappa shape index (κ1) is 19.6. The summed E-state index contributed by atoms with van der Waals surface area (Å²) < 4.78 is 7.74. The molecule has 0 bridgehead atoms. The summed E-state index contributed by atoms with van der Waals surface area (Å²) in [5, 5.41) is 0. The molecule has 0 aliphatic heterocycles. The molecular weight excluding hydrogens is 374 g/mol. The lowest BCUT2D eigenvalue weighted by atomic mass is 10.1. The molecule has 2 heterocycles. The van der Waals surface area contributed by atoms with Crippen molar-refractivity contribution in [1.29, 1.82) is 0 Å². The van der Waals surface area contributed by atoms with Gasteiger partial charge in [0.1, 0.15) is 18.1 Å². The van der Waals surface area contributed by atoms with Crippen molar-refractivity contribution < 1.29 is 4.74 Å². The summed E-state index contributed by atoms with van der Waals surface area (Å²) in [5.74, 6) is 1.13. The van der Waals surface area contributed by atoms with E-state index in [4.69, 9.17) is 4.74 Å². The predicted octanol–water partition coefficient (Wildman–Crippen LogP) is 4.44. The third-order valence-corrected chi connectivity index (χ3v) is 4.82. The highest BCUT2D eigenvalue weighted by atomic mass is 16.5. The number of hydrogen-bond acceptors (Lipinski definition) is 4. The van der Waals surface area contributed by atoms with E-state index in [1.165, 1.54) is 0 Å². The van der Waals surface area contributed by atoms with E-state index >= 15 is 0 Å². The fraction of sp³-hybridized carbons (Fsp3) is 0.160. The topological polar surface area (TPSA) is 57.0 Å². The van der Waals surface area contributed by atoms with E-state index in [1.807, 2.05) is 67.6 Å². The zero-order chi connectivity index (χ0) is 20.8. The van der Waals surface area contributed by atoms with E-state index in [1.54, 1.807) is 16.8 Å². The van der Waals surface area contributed by atoms with Crippen molar-refractivity contribution in [1.82, 2.24) is 14.5 Å². The molecule has 0 amide bonds. The summed E-state index contributed by atoms with van der Waals surface area (Å²) in [5.41, 5.74) is 3.37. The van der Waals surface area contributed by atoms with Crippen molar-refractivity contribution in [3.8, 4) is 17.3 Å². The fourth-order valence-corrected chi connectivity index (χ4v) is 3.31. The van der Waals surface area contributed by atoms with Gasteiger partial charge >= 0.3 is 0 Å². The van der Waals surface area contributed by atoms with Crippen LogP contribution in [0.15, 0.2) is 89.9 Å². The van der Waals surface area contributed by atoms with Gasteiger partial charge in [0.15, 0.2) is 5.82 Å². The number of rotatable bonds is 7. The Labute approximate surface area is 175 Å². The average molecular weight is 397 g/mol. The Morgan fingerprint density at radius 3 is 2.33 bits per heavy atom. The van der Waals surface area contributed by atoms with E-state index < -0.39 is 0 Å². The summed E-state index contributed by atoms with van der Waals surface area (Å²) in [4.78, 5) is 22.0. The second-order valence-corrected chi connectivity index (χ2v) is 7.07. The average Bonchev–Trinajstić information content (AvgIpc) is 2.78. The SMILES string of the molecule is Cc1cc(=O)n(CCc2ccccc2)c(-c2ncccc2OCc2ccccc2)n1. The van der Waals surface area contributed by atoms with Gasteiger partial charge in [-0.1, -0.05) is 60.7 Å². The minimum atomic E-state index is -0.0897. The largest absolute Gasteiger partial charge is 0.486 e. The summed E-state index contributed by atoms with van der Waals surface area (Å²) in [6, 6.07) is 25.3. The highest BCUT2D eigenvalue weighted by Gasteiger charge is 2.16. The third-order valence-electron chi connectivity index (χ3n) is 4.82. The molecule has 2 aromatic heterocycles. The van der Waals surface area contributed by atoms with E-state index in [9.17, 15) is 4.79 Å². The van der Waals surface area contributed by atoms with Crippen LogP contribution in [-0.4, -0.2) is 14.5 Å². The monoisotopic (exact) mass is 397 g/mol. The van der Waals surface area contributed by atoms with E-state index in [0.29, 0.717) is 36.1 Å². The maximum atomic E-state index is 12.8. The standard InChI is InChI=1S/C25H23N3O2/c1-19-17-23(29)28(16-14-20-9-4-2-5-10-20)25(27-19)24-22(13-8-15-26-24)30-18-21-11-6-3-7-12-21/h2-13,15,17H,14,16,18H2,1H3. The molecule has 0 unspecified atom stereocenters. The lowest BCUT2D eigenvalue weighted by Crippen LogP contribution is -2.24. The highest BCUT2D eigenvalue weighted by molar-refractivity contribution is 5.59. The van der Waals surface area contributed by atoms with Crippen molar-refractivity contribution >= 4 is 0 Å². The molecule has 5 heteroatoms. The molecule has 0 fully saturated rings. The number of benzene rings is 2. The molecule has 0 aliphatic rings. The molecule has 0 saturated carbocycles. The second-order valence-electron chi connectivity index (χ2n) is 7.07. The molecule has 0 aliphatic carbocycles. The number of hydrogen-bond donors (Lipinski definition) is 0. The normalized spacial score (nSPS) is 10.7. The molecule has 5 nitrogen and oxygen atoms in total. The Kier molecular flexibility index (Phi) is 5.99. The molecule has 4 rings (SSSR count). The molecular formula is C25H23N3O2. The molecule has 0 N–H and O–H groups in total. The quantitative estimate of drug-likeness (QED) is 0.463. The van der Waals surface area contributed by atoms with Crippen molar-refractivity contribution in [3.05, 3.63) is 112 Å². The van der Waals surface area contributed by atoms with Crippen LogP contribution in [0.3, 0.4) is 0 Å². The van der Waals surface area contributed by atoms with Crippen LogP contribution in [0.2, 0.25) is 0 Å². The number of aryl methyl sites for hydroxylation is 2. The Bertz CT molecular complexity index is 1170. The number of aromatic nitrogens is 3. The Morgan fingerprint density at radius 2 is 1.60 bits per heavy atom. The van der Waals surface area contributed by atoms with Gasteiger partial charge in [-0.25, -0.2) is 9.97 Å². The van der Waals surface area contributed by atoms with Crippen LogP contribution in [0.5, 0.6) is 5.75 Å². The molecule has 0 atom stereocenters. The van der Waals surface area contributed by atoms with Gasteiger partial charge in [0.25, 0.3) is 5.56 Å². The van der Waals surface area contributed by atoms with Crippen molar-refractivity contribution in [3.63, 3.8) is 0 Å². The van der Waals surface area contributed by atoms with Crippen LogP contribution in [0.4, 0.5) is 0 Å². The van der Waals surface area contributed by atoms with Gasteiger partial charge in [-0.3, -0.25) is 9.36 Å². The predicted molar refractivity (Wildman–Crippen MR) is 117 cm³/mol. The number of pyridine rings is 1. The molecule has 30 heavy (non-hydrogen) atoms. The molecule has 4 aromatic rings. The molecule has 0 saturated heterocycles. The van der Waals surface area contributed by atoms with Crippen molar-refractivity contribution in [2.75, 3.05) is 0 Å². The van der Waals surface area contributed by atoms with Gasteiger partial charge in [0, 0.05) is 24.5 Å². The second kappa shape index (κ2) is 9.18. The van der Waals surface area contributed by atoms with E-state index in [2.05, 4.69) is 22.1 Å². The summed E-state index contributed by atoms with van der Waals surface area (Å²) in [6.45, 7) is 2.75. The number of nitrogens with zero attached hydrogens (tertiary/aromatic N) is 3. The van der Waals surface area contributed by atoms with Gasteiger partial charge in [-0.05, 0) is 36.6 Å². The van der Waals surface area contributed by atoms with Crippen molar-refractivity contribution in [2.45, 2.75) is 26.5 Å². The van der Waals surface area contributed by atoms with Crippen LogP contribution in [-0.2, 0) is 19.6 Å². The minimum absolute atomic E-state index is 0.0897. The third kappa shape index (κ3) is 4.63. The van der Waals surface area contributed by atoms with Gasteiger partial charge in [0.05, 0.1) is 0 Å². The highest BCUT2D eigenvalue weighted by Crippen LogP contribution is 2.26. The smallest absolute Gasteiger partial charge is 0.254 e. The molecule has 0 spiro atoms. The summed E-state index contributed by atoms with van der Waals surface area (Å²) >= 11 is 0. The van der Waals surface area contributed by atoms with Gasteiger partial charge in [-0.2, -0.15) is 0 Å². The van der Waals surface area contributed by atoms with Gasteiger partial charge < -0.3 is 4.74 Å². The van der Waals surface area contributed by atoms with Crippen LogP contribution in [0.1, 0.15) is 16.8 Å². The first-order valence-electron chi connectivity index (χ1n) is 9.95. The Morgan fingerprint density at radius 1 is 0.900 bits per heavy atom. The summed E-state index contributed by atoms with van der Waals surface area (Å²) in [7, 11) is 0. The Balaban J connectivity index is 1.67. The van der Waals surface area contributed by atoms with Crippen LogP contribution in [0.25, 0.3) is 11.5 Å². The lowest BCUT2D eigenvalue weighted by molar-refractivity contribution is 0.306. The first-order chi connectivity index (χ1) is 14.7. The molecule has 2 aromatic carbocycles. The van der Waals surface area contributed by atoms with E-state index in [0.717, 1.165) is 17.5 Å². The fourth-order valence-electron chi connectivity index (χ4n) is 3.31. The minimum Gasteiger partial charge on any atom is -0.486 e. The maximum Gasteiger partial charge on any atom is 0.254 e. The maximum absolute atomic E-state index is 12.8. The lowest BCUT2D eigenvalue weighted by Gasteiger charge is -2.15. The number of ether oxygens (including phenoxy) is 1. The molecule has 150 valence electrons. The van der Waals surface area contributed by atoms with Gasteiger partial charge in [0.2, 0.25) is 0 Å². The van der Waals surface area contributed by atoms with E-state index in [-0.39, 0.29) is 5.56 Å². The Hall–Kier alpha value is -3.73. The zero-order valence-corrected chi connectivity index (χ0v) is 16.9. The summed E-state index contributed by atoms with van der Waals surface area (Å²) in [6.07, 6.45) is 2.42. The van der Waals surface area contributed by atoms with Crippen molar-refractivity contribution in [2.24, 2.45) is 0 Å². The van der Waals surface area contributed by atoms with Crippen LogP contribution in [0, 0.1) is 6.92 Å². The molecule has 0 radical (unpaired) electrons. The van der Waals surface area contributed by atoms with Crippen LogP contribution >= 0.6 is 0 Å². The first-order valence-corrected chi connectivity index (χ1v) is 9.95. The zero-order valence-electron chi connectivity index (χ0n) is 16.9. The van der Waals surface area contributed by atoms with Gasteiger partial charge in [-0.15, -0.1) is 0 Å². The van der Waals surface area contributed by atoms with Crippen LogP contribution < -0.4 is 10.3 Å².